The van der Waals surface area contributed by atoms with E-state index in [2.05, 4.69) is 86.8 Å². The predicted molar refractivity (Wildman–Crippen MR) is 333 cm³/mol. The van der Waals surface area contributed by atoms with E-state index in [1.54, 1.807) is 6.08 Å². The smallest absolute Gasteiger partial charge is 0.306 e. The molecule has 464 valence electrons. The molecule has 6 N–H and O–H groups in total. The quantitative estimate of drug-likeness (QED) is 0.0195. The van der Waals surface area contributed by atoms with Crippen LogP contribution in [0.4, 0.5) is 0 Å². The van der Waals surface area contributed by atoms with Crippen molar-refractivity contribution in [1.82, 2.24) is 5.32 Å². The van der Waals surface area contributed by atoms with Crippen LogP contribution in [-0.2, 0) is 23.8 Å². The van der Waals surface area contributed by atoms with E-state index < -0.39 is 67.4 Å². The first-order valence-electron chi connectivity index (χ1n) is 33.2. The summed E-state index contributed by atoms with van der Waals surface area (Å²) in [5.41, 5.74) is 0. The average molecular weight is 1130 g/mol. The number of hydrogen-bond acceptors (Lipinski definition) is 10. The Morgan fingerprint density at radius 1 is 0.500 bits per heavy atom. The molecule has 11 heteroatoms. The maximum Gasteiger partial charge on any atom is 0.306 e. The molecule has 1 aliphatic heterocycles. The Bertz CT molecular complexity index is 1580. The fourth-order valence-corrected chi connectivity index (χ4v) is 10.1. The molecule has 1 saturated heterocycles. The van der Waals surface area contributed by atoms with Crippen LogP contribution in [0.5, 0.6) is 0 Å². The lowest BCUT2D eigenvalue weighted by molar-refractivity contribution is -0.305. The van der Waals surface area contributed by atoms with Crippen molar-refractivity contribution in [2.75, 3.05) is 13.2 Å². The van der Waals surface area contributed by atoms with Crippen LogP contribution < -0.4 is 5.32 Å². The van der Waals surface area contributed by atoms with Gasteiger partial charge in [0, 0.05) is 6.42 Å². The molecule has 1 rings (SSSR count). The number of ether oxygens (including phenoxy) is 3. The van der Waals surface area contributed by atoms with Gasteiger partial charge in [0.25, 0.3) is 0 Å². The minimum absolute atomic E-state index is 0.121. The summed E-state index contributed by atoms with van der Waals surface area (Å²) in [5, 5.41) is 57.1. The number of amides is 1. The third kappa shape index (κ3) is 43.7. The monoisotopic (exact) mass is 1130 g/mol. The van der Waals surface area contributed by atoms with E-state index in [-0.39, 0.29) is 19.4 Å². The standard InChI is InChI=1S/C69H123NO10/c1-4-7-10-13-16-19-22-25-27-29-31-32-33-35-37-39-42-45-48-51-54-57-64(74)80-67-66(76)65(75)63(58-71)79-69(67)78-59-60(61(72)55-52-49-46-43-40-24-21-18-15-12-9-6-3)70-68(77)62(73)56-53-50-47-44-41-38-36-34-30-28-26-23-20-17-14-11-8-5-2/h8,11,17,20,26,28,34,36,41,44,52,55,60-63,65-67,69,71-73,75-76H,4-7,9-10,12-16,18-19,21-25,27,29-33,35,37-40,42-43,45-51,53-54,56-59H2,1-3H3,(H,70,77)/b11-8-,20-17-,28-26-,36-34-,44-41-,55-52+. The van der Waals surface area contributed by atoms with Crippen molar-refractivity contribution in [3.05, 3.63) is 72.9 Å². The number of carbonyl (C=O) groups is 2. The number of esters is 1. The molecule has 0 aromatic heterocycles. The van der Waals surface area contributed by atoms with Gasteiger partial charge >= 0.3 is 5.97 Å². The number of unbranched alkanes of at least 4 members (excludes halogenated alkanes) is 32. The first kappa shape index (κ1) is 75.1. The van der Waals surface area contributed by atoms with Gasteiger partial charge in [-0.3, -0.25) is 9.59 Å². The fraction of sp³-hybridized carbons (Fsp3) is 0.797. The number of aliphatic hydroxyl groups is 5. The van der Waals surface area contributed by atoms with Crippen LogP contribution in [0.25, 0.3) is 0 Å². The molecule has 0 spiro atoms. The van der Waals surface area contributed by atoms with Crippen molar-refractivity contribution in [3.8, 4) is 0 Å². The van der Waals surface area contributed by atoms with Crippen molar-refractivity contribution in [2.45, 2.75) is 339 Å². The van der Waals surface area contributed by atoms with Crippen molar-refractivity contribution < 1.29 is 49.3 Å². The highest BCUT2D eigenvalue weighted by Gasteiger charge is 2.47. The van der Waals surface area contributed by atoms with E-state index in [1.165, 1.54) is 161 Å². The van der Waals surface area contributed by atoms with Gasteiger partial charge < -0.3 is 45.1 Å². The van der Waals surface area contributed by atoms with Crippen LogP contribution in [0, 0.1) is 0 Å². The lowest BCUT2D eigenvalue weighted by Crippen LogP contribution is -2.61. The minimum atomic E-state index is -1.62. The van der Waals surface area contributed by atoms with E-state index >= 15 is 0 Å². The van der Waals surface area contributed by atoms with Crippen molar-refractivity contribution in [1.29, 1.82) is 0 Å². The summed E-state index contributed by atoms with van der Waals surface area (Å²) >= 11 is 0. The Hall–Kier alpha value is -2.90. The zero-order chi connectivity index (χ0) is 58.2. The lowest BCUT2D eigenvalue weighted by Gasteiger charge is -2.41. The summed E-state index contributed by atoms with van der Waals surface area (Å²) in [6, 6.07) is -1.04. The van der Waals surface area contributed by atoms with Gasteiger partial charge in [-0.1, -0.05) is 286 Å². The number of carbonyl (C=O) groups excluding carboxylic acids is 2. The van der Waals surface area contributed by atoms with E-state index in [4.69, 9.17) is 14.2 Å². The number of rotatable bonds is 56. The molecule has 8 atom stereocenters. The molecule has 1 amide bonds. The largest absolute Gasteiger partial charge is 0.454 e. The Balaban J connectivity index is 2.65. The van der Waals surface area contributed by atoms with Gasteiger partial charge in [0.05, 0.1) is 25.4 Å². The van der Waals surface area contributed by atoms with Crippen molar-refractivity contribution >= 4 is 11.9 Å². The Morgan fingerprint density at radius 2 is 0.900 bits per heavy atom. The molecule has 0 aromatic rings. The molecule has 0 radical (unpaired) electrons. The summed E-state index contributed by atoms with van der Waals surface area (Å²) in [7, 11) is 0. The maximum atomic E-state index is 13.4. The third-order valence-electron chi connectivity index (χ3n) is 15.4. The first-order valence-corrected chi connectivity index (χ1v) is 33.2. The summed E-state index contributed by atoms with van der Waals surface area (Å²) in [4.78, 5) is 26.6. The summed E-state index contributed by atoms with van der Waals surface area (Å²) in [5.74, 6) is -1.22. The van der Waals surface area contributed by atoms with Crippen LogP contribution in [0.3, 0.4) is 0 Å². The molecule has 0 bridgehead atoms. The van der Waals surface area contributed by atoms with Crippen LogP contribution in [0.1, 0.15) is 290 Å². The summed E-state index contributed by atoms with van der Waals surface area (Å²) in [6.45, 7) is 5.68. The van der Waals surface area contributed by atoms with E-state index in [1.807, 2.05) is 6.08 Å². The molecule has 0 saturated carbocycles. The second kappa shape index (κ2) is 56.6. The van der Waals surface area contributed by atoms with Gasteiger partial charge in [0.1, 0.15) is 24.4 Å². The SMILES string of the molecule is CC/C=C\C/C=C\C/C=C\C/C=C\C/C=C\CCCCC(O)C(=O)NC(COC1OC(CO)C(O)C(O)C1OC(=O)CCCCCCCCCCCCCCCCCCCCCCC)C(O)/C=C/CCCCCCCCCCCC. The molecule has 0 aromatic carbocycles. The minimum Gasteiger partial charge on any atom is -0.454 e. The Labute approximate surface area is 490 Å². The van der Waals surface area contributed by atoms with Gasteiger partial charge in [-0.05, 0) is 70.6 Å². The number of hydrogen-bond donors (Lipinski definition) is 6. The highest BCUT2D eigenvalue weighted by molar-refractivity contribution is 5.80. The topological polar surface area (TPSA) is 175 Å². The Morgan fingerprint density at radius 3 is 1.35 bits per heavy atom. The first-order chi connectivity index (χ1) is 39.2. The molecular formula is C69H123NO10. The van der Waals surface area contributed by atoms with Crippen molar-refractivity contribution in [2.24, 2.45) is 0 Å². The molecule has 0 aliphatic carbocycles. The summed E-state index contributed by atoms with van der Waals surface area (Å²) < 4.78 is 17.6. The van der Waals surface area contributed by atoms with Gasteiger partial charge in [-0.2, -0.15) is 0 Å². The zero-order valence-corrected chi connectivity index (χ0v) is 51.4. The maximum absolute atomic E-state index is 13.4. The predicted octanol–water partition coefficient (Wildman–Crippen LogP) is 16.3. The second-order valence-corrected chi connectivity index (χ2v) is 22.8. The average Bonchev–Trinajstić information content (AvgIpc) is 3.45. The number of aliphatic hydroxyl groups excluding tert-OH is 5. The van der Waals surface area contributed by atoms with Gasteiger partial charge in [0.15, 0.2) is 12.4 Å². The molecule has 8 unspecified atom stereocenters. The molecule has 1 aliphatic rings. The summed E-state index contributed by atoms with van der Waals surface area (Å²) in [6.07, 6.45) is 62.3. The van der Waals surface area contributed by atoms with Crippen LogP contribution >= 0.6 is 0 Å². The molecule has 11 nitrogen and oxygen atoms in total. The lowest BCUT2D eigenvalue weighted by atomic mass is 9.99. The molecular weight excluding hydrogens is 1000 g/mol. The number of nitrogens with one attached hydrogen (secondary N) is 1. The van der Waals surface area contributed by atoms with Crippen LogP contribution in [0.15, 0.2) is 72.9 Å². The third-order valence-corrected chi connectivity index (χ3v) is 15.4. The number of allylic oxidation sites excluding steroid dienone is 11. The van der Waals surface area contributed by atoms with E-state index in [0.717, 1.165) is 83.5 Å². The zero-order valence-electron chi connectivity index (χ0n) is 51.4. The molecule has 1 heterocycles. The highest BCUT2D eigenvalue weighted by Crippen LogP contribution is 2.26. The second-order valence-electron chi connectivity index (χ2n) is 22.8. The van der Waals surface area contributed by atoms with Gasteiger partial charge in [0.2, 0.25) is 5.91 Å². The van der Waals surface area contributed by atoms with Gasteiger partial charge in [-0.15, -0.1) is 0 Å². The van der Waals surface area contributed by atoms with E-state index in [0.29, 0.717) is 12.8 Å². The Kier molecular flexibility index (Phi) is 53.1. The van der Waals surface area contributed by atoms with Crippen LogP contribution in [-0.4, -0.2) is 99.6 Å². The fourth-order valence-electron chi connectivity index (χ4n) is 10.1. The highest BCUT2D eigenvalue weighted by atomic mass is 16.7. The van der Waals surface area contributed by atoms with Crippen molar-refractivity contribution in [3.63, 3.8) is 0 Å². The molecule has 80 heavy (non-hydrogen) atoms. The van der Waals surface area contributed by atoms with Gasteiger partial charge in [-0.25, -0.2) is 0 Å². The molecule has 1 fully saturated rings. The normalized spacial score (nSPS) is 19.2. The van der Waals surface area contributed by atoms with Crippen LogP contribution in [0.2, 0.25) is 0 Å². The van der Waals surface area contributed by atoms with E-state index in [9.17, 15) is 35.1 Å².